The number of hydrogen-bond acceptors (Lipinski definition) is 5. The number of pyridine rings is 1. The molecule has 7 nitrogen and oxygen atoms in total. The molecule has 0 fully saturated rings. The van der Waals surface area contributed by atoms with Crippen LogP contribution < -0.4 is 5.32 Å². The number of rotatable bonds is 6. The maximum Gasteiger partial charge on any atom is 0.255 e. The maximum atomic E-state index is 12.8. The fourth-order valence-corrected chi connectivity index (χ4v) is 3.83. The lowest BCUT2D eigenvalue weighted by Gasteiger charge is -2.26. The first-order chi connectivity index (χ1) is 12.7. The van der Waals surface area contributed by atoms with Gasteiger partial charge in [0.1, 0.15) is 21.7 Å². The van der Waals surface area contributed by atoms with Crippen molar-refractivity contribution in [2.75, 3.05) is 17.3 Å². The molecule has 2 heterocycles. The van der Waals surface area contributed by atoms with Crippen molar-refractivity contribution in [2.24, 2.45) is 0 Å². The Labute approximate surface area is 165 Å². The molecule has 2 amide bonds. The van der Waals surface area contributed by atoms with Gasteiger partial charge in [0.25, 0.3) is 5.91 Å². The first-order valence-electron chi connectivity index (χ1n) is 8.23. The first kappa shape index (κ1) is 19.5. The van der Waals surface area contributed by atoms with E-state index in [1.165, 1.54) is 11.1 Å². The molecule has 1 aliphatic rings. The minimum Gasteiger partial charge on any atom is -0.322 e. The largest absolute Gasteiger partial charge is 0.322 e. The normalized spacial score (nSPS) is 14.7. The quantitative estimate of drug-likeness (QED) is 0.726. The lowest BCUT2D eigenvalue weighted by molar-refractivity contribution is -0.120. The molecule has 27 heavy (non-hydrogen) atoms. The Balaban J connectivity index is 1.84. The molecule has 2 aromatic rings. The molecule has 3 rings (SSSR count). The molecule has 1 atom stereocenters. The Morgan fingerprint density at radius 3 is 2.67 bits per heavy atom. The number of benzene rings is 1. The van der Waals surface area contributed by atoms with Crippen LogP contribution in [0.4, 0.5) is 5.82 Å². The van der Waals surface area contributed by atoms with E-state index in [1.54, 1.807) is 24.3 Å². The molecule has 0 spiro atoms. The van der Waals surface area contributed by atoms with Gasteiger partial charge < -0.3 is 10.2 Å². The van der Waals surface area contributed by atoms with E-state index >= 15 is 0 Å². The zero-order chi connectivity index (χ0) is 19.6. The van der Waals surface area contributed by atoms with Gasteiger partial charge in [0.2, 0.25) is 5.91 Å². The fourth-order valence-electron chi connectivity index (χ4n) is 2.94. The van der Waals surface area contributed by atoms with E-state index in [9.17, 15) is 18.0 Å². The topological polar surface area (TPSA) is 96.4 Å². The summed E-state index contributed by atoms with van der Waals surface area (Å²) in [6.07, 6.45) is 2.66. The lowest BCUT2D eigenvalue weighted by Crippen LogP contribution is -2.45. The van der Waals surface area contributed by atoms with Gasteiger partial charge in [0.05, 0.1) is 5.75 Å². The number of anilines is 1. The summed E-state index contributed by atoms with van der Waals surface area (Å²) in [4.78, 5) is 31.1. The number of hydrogen-bond donors (Lipinski definition) is 1. The molecule has 9 heteroatoms. The molecular weight excluding hydrogens is 434 g/mol. The molecule has 1 aromatic heterocycles. The molecule has 0 bridgehead atoms. The van der Waals surface area contributed by atoms with Crippen molar-refractivity contribution in [3.63, 3.8) is 0 Å². The molecular formula is C18H18BrN3O4S. The maximum absolute atomic E-state index is 12.8. The van der Waals surface area contributed by atoms with Gasteiger partial charge in [-0.05, 0) is 46.1 Å². The molecule has 1 aromatic carbocycles. The molecule has 0 radical (unpaired) electrons. The summed E-state index contributed by atoms with van der Waals surface area (Å²) in [5.74, 6) is -0.603. The van der Waals surface area contributed by atoms with E-state index in [1.807, 2.05) is 12.1 Å². The number of carbonyl (C=O) groups is 2. The fraction of sp³-hybridized carbons (Fsp3) is 0.278. The van der Waals surface area contributed by atoms with Crippen molar-refractivity contribution >= 4 is 43.4 Å². The Kier molecular flexibility index (Phi) is 5.61. The van der Waals surface area contributed by atoms with Crippen molar-refractivity contribution in [1.29, 1.82) is 0 Å². The predicted octanol–water partition coefficient (Wildman–Crippen LogP) is 2.24. The number of aromatic nitrogens is 1. The number of amides is 2. The van der Waals surface area contributed by atoms with Crippen LogP contribution in [-0.4, -0.2) is 48.2 Å². The summed E-state index contributed by atoms with van der Waals surface area (Å²) < 4.78 is 24.0. The van der Waals surface area contributed by atoms with Crippen LogP contribution in [0.3, 0.4) is 0 Å². The third-order valence-electron chi connectivity index (χ3n) is 4.27. The second kappa shape index (κ2) is 7.77. The summed E-state index contributed by atoms with van der Waals surface area (Å²) in [6.45, 7) is 0.268. The highest BCUT2D eigenvalue weighted by molar-refractivity contribution is 9.10. The van der Waals surface area contributed by atoms with Gasteiger partial charge >= 0.3 is 0 Å². The van der Waals surface area contributed by atoms with Crippen molar-refractivity contribution < 1.29 is 18.0 Å². The number of fused-ring (bicyclic) bond motifs is 1. The van der Waals surface area contributed by atoms with E-state index in [4.69, 9.17) is 0 Å². The van der Waals surface area contributed by atoms with Gasteiger partial charge in [-0.25, -0.2) is 13.4 Å². The third-order valence-corrected chi connectivity index (χ3v) is 5.72. The predicted molar refractivity (Wildman–Crippen MR) is 105 cm³/mol. The monoisotopic (exact) mass is 451 g/mol. The first-order valence-corrected chi connectivity index (χ1v) is 11.1. The SMILES string of the molecule is CS(=O)(=O)CCC(C(=O)Nc1ccc(Br)cn1)N1Cc2ccccc2C1=O. The molecule has 0 saturated carbocycles. The smallest absolute Gasteiger partial charge is 0.255 e. The summed E-state index contributed by atoms with van der Waals surface area (Å²) in [6, 6.07) is 9.56. The average molecular weight is 452 g/mol. The highest BCUT2D eigenvalue weighted by Crippen LogP contribution is 2.26. The van der Waals surface area contributed by atoms with Crippen molar-refractivity contribution in [3.8, 4) is 0 Å². The van der Waals surface area contributed by atoms with Gasteiger partial charge in [-0.3, -0.25) is 9.59 Å². The number of nitrogens with one attached hydrogen (secondary N) is 1. The van der Waals surface area contributed by atoms with Crippen LogP contribution in [0.1, 0.15) is 22.3 Å². The Morgan fingerprint density at radius 1 is 1.30 bits per heavy atom. The van der Waals surface area contributed by atoms with Gasteiger partial charge in [-0.15, -0.1) is 0 Å². The molecule has 142 valence electrons. The molecule has 0 saturated heterocycles. The van der Waals surface area contributed by atoms with E-state index in [0.29, 0.717) is 11.4 Å². The van der Waals surface area contributed by atoms with E-state index < -0.39 is 21.8 Å². The molecule has 1 aliphatic heterocycles. The minimum absolute atomic E-state index is 0.0148. The second-order valence-electron chi connectivity index (χ2n) is 6.38. The number of nitrogens with zero attached hydrogens (tertiary/aromatic N) is 2. The molecule has 1 unspecified atom stereocenters. The van der Waals surface area contributed by atoms with E-state index in [2.05, 4.69) is 26.2 Å². The molecule has 0 aliphatic carbocycles. The Hall–Kier alpha value is -2.26. The van der Waals surface area contributed by atoms with Crippen molar-refractivity contribution in [2.45, 2.75) is 19.0 Å². The summed E-state index contributed by atoms with van der Waals surface area (Å²) in [5.41, 5.74) is 1.36. The third kappa shape index (κ3) is 4.72. The summed E-state index contributed by atoms with van der Waals surface area (Å²) in [7, 11) is -3.29. The van der Waals surface area contributed by atoms with Crippen LogP contribution >= 0.6 is 15.9 Å². The van der Waals surface area contributed by atoms with Crippen LogP contribution in [0, 0.1) is 0 Å². The number of carbonyl (C=O) groups excluding carboxylic acids is 2. The van der Waals surface area contributed by atoms with Crippen LogP contribution in [0.25, 0.3) is 0 Å². The summed E-state index contributed by atoms with van der Waals surface area (Å²) >= 11 is 3.27. The van der Waals surface area contributed by atoms with Gasteiger partial charge in [-0.1, -0.05) is 18.2 Å². The summed E-state index contributed by atoms with van der Waals surface area (Å²) in [5, 5.41) is 2.67. The van der Waals surface area contributed by atoms with Gasteiger partial charge in [0.15, 0.2) is 0 Å². The van der Waals surface area contributed by atoms with Crippen molar-refractivity contribution in [1.82, 2.24) is 9.88 Å². The second-order valence-corrected chi connectivity index (χ2v) is 9.55. The van der Waals surface area contributed by atoms with Crippen molar-refractivity contribution in [3.05, 3.63) is 58.2 Å². The molecule has 1 N–H and O–H groups in total. The van der Waals surface area contributed by atoms with E-state index in [-0.39, 0.29) is 24.6 Å². The van der Waals surface area contributed by atoms with Crippen LogP contribution in [-0.2, 0) is 21.2 Å². The van der Waals surface area contributed by atoms with Gasteiger partial charge in [-0.2, -0.15) is 0 Å². The van der Waals surface area contributed by atoms with Crippen LogP contribution in [0.15, 0.2) is 47.1 Å². The zero-order valence-corrected chi connectivity index (χ0v) is 17.0. The zero-order valence-electron chi connectivity index (χ0n) is 14.6. The van der Waals surface area contributed by atoms with E-state index in [0.717, 1.165) is 16.3 Å². The van der Waals surface area contributed by atoms with Crippen LogP contribution in [0.2, 0.25) is 0 Å². The number of sulfone groups is 1. The number of halogens is 1. The lowest BCUT2D eigenvalue weighted by atomic mass is 10.1. The standard InChI is InChI=1S/C18H18BrN3O4S/c1-27(25,26)9-8-15(17(23)21-16-7-6-13(19)10-20-16)22-11-12-4-2-3-5-14(12)18(22)24/h2-7,10,15H,8-9,11H2,1H3,(H,20,21,23). The van der Waals surface area contributed by atoms with Crippen LogP contribution in [0.5, 0.6) is 0 Å². The highest BCUT2D eigenvalue weighted by Gasteiger charge is 2.36. The highest BCUT2D eigenvalue weighted by atomic mass is 79.9. The van der Waals surface area contributed by atoms with Gasteiger partial charge in [0, 0.05) is 29.0 Å². The average Bonchev–Trinajstić information content (AvgIpc) is 2.93. The Bertz CT molecular complexity index is 976. The minimum atomic E-state index is -3.29. The Morgan fingerprint density at radius 2 is 2.04 bits per heavy atom.